The van der Waals surface area contributed by atoms with Crippen molar-refractivity contribution in [3.63, 3.8) is 0 Å². The Kier molecular flexibility index (Phi) is 3.92. The van der Waals surface area contributed by atoms with Gasteiger partial charge in [-0.3, -0.25) is 9.78 Å². The Morgan fingerprint density at radius 2 is 2.10 bits per heavy atom. The molecule has 0 radical (unpaired) electrons. The zero-order valence-electron chi connectivity index (χ0n) is 11.6. The lowest BCUT2D eigenvalue weighted by atomic mass is 10.1. The van der Waals surface area contributed by atoms with E-state index in [0.717, 1.165) is 53.2 Å². The van der Waals surface area contributed by atoms with E-state index < -0.39 is 0 Å². The molecular formula is C16H18N2OS. The zero-order valence-corrected chi connectivity index (χ0v) is 12.4. The first-order chi connectivity index (χ1) is 9.75. The highest BCUT2D eigenvalue weighted by Crippen LogP contribution is 2.21. The van der Waals surface area contributed by atoms with Crippen molar-refractivity contribution in [3.05, 3.63) is 41.6 Å². The first-order valence-electron chi connectivity index (χ1n) is 6.99. The first-order valence-corrected chi connectivity index (χ1v) is 8.14. The lowest BCUT2D eigenvalue weighted by molar-refractivity contribution is 0.0770. The summed E-state index contributed by atoms with van der Waals surface area (Å²) in [6.45, 7) is 3.65. The van der Waals surface area contributed by atoms with E-state index in [-0.39, 0.29) is 5.91 Å². The van der Waals surface area contributed by atoms with Gasteiger partial charge in [0.25, 0.3) is 5.91 Å². The van der Waals surface area contributed by atoms with Gasteiger partial charge in [-0.15, -0.1) is 0 Å². The van der Waals surface area contributed by atoms with Crippen molar-refractivity contribution in [3.8, 4) is 0 Å². The summed E-state index contributed by atoms with van der Waals surface area (Å²) in [4.78, 5) is 19.3. The number of aromatic nitrogens is 1. The molecule has 1 amide bonds. The van der Waals surface area contributed by atoms with Crippen LogP contribution < -0.4 is 0 Å². The summed E-state index contributed by atoms with van der Waals surface area (Å²) >= 11 is 1.93. The Hall–Kier alpha value is -1.55. The summed E-state index contributed by atoms with van der Waals surface area (Å²) in [6.07, 6.45) is 1.08. The van der Waals surface area contributed by atoms with Gasteiger partial charge in [0.1, 0.15) is 0 Å². The highest BCUT2D eigenvalue weighted by atomic mass is 32.2. The van der Waals surface area contributed by atoms with E-state index in [9.17, 15) is 4.79 Å². The molecule has 1 aromatic heterocycles. The number of carbonyl (C=O) groups is 1. The molecule has 4 heteroatoms. The van der Waals surface area contributed by atoms with Crippen molar-refractivity contribution in [2.75, 3.05) is 24.6 Å². The lowest BCUT2D eigenvalue weighted by Crippen LogP contribution is -2.33. The Balaban J connectivity index is 2.02. The standard InChI is InChI=1S/C16H18N2OS/c1-12-11-14(13-5-2-3-6-15(13)17-12)16(19)18-7-4-9-20-10-8-18/h2-3,5-6,11H,4,7-10H2,1H3. The number of para-hydroxylation sites is 1. The van der Waals surface area contributed by atoms with Crippen LogP contribution in [-0.2, 0) is 0 Å². The molecule has 2 aromatic rings. The fourth-order valence-corrected chi connectivity index (χ4v) is 3.49. The van der Waals surface area contributed by atoms with Gasteiger partial charge in [-0.2, -0.15) is 11.8 Å². The molecule has 1 aliphatic rings. The summed E-state index contributed by atoms with van der Waals surface area (Å²) in [5.74, 6) is 2.34. The number of carbonyl (C=O) groups excluding carboxylic acids is 1. The second-order valence-electron chi connectivity index (χ2n) is 5.09. The highest BCUT2D eigenvalue weighted by Gasteiger charge is 2.20. The number of benzene rings is 1. The number of fused-ring (bicyclic) bond motifs is 1. The molecule has 0 unspecified atom stereocenters. The quantitative estimate of drug-likeness (QED) is 0.807. The molecule has 0 atom stereocenters. The van der Waals surface area contributed by atoms with Crippen molar-refractivity contribution in [2.24, 2.45) is 0 Å². The predicted molar refractivity (Wildman–Crippen MR) is 84.3 cm³/mol. The average Bonchev–Trinajstić information content (AvgIpc) is 2.74. The maximum atomic E-state index is 12.8. The van der Waals surface area contributed by atoms with Crippen LogP contribution in [-0.4, -0.2) is 40.4 Å². The molecule has 20 heavy (non-hydrogen) atoms. The number of rotatable bonds is 1. The fraction of sp³-hybridized carbons (Fsp3) is 0.375. The second kappa shape index (κ2) is 5.83. The largest absolute Gasteiger partial charge is 0.338 e. The van der Waals surface area contributed by atoms with Crippen molar-refractivity contribution in [1.82, 2.24) is 9.88 Å². The lowest BCUT2D eigenvalue weighted by Gasteiger charge is -2.21. The average molecular weight is 286 g/mol. The van der Waals surface area contributed by atoms with E-state index >= 15 is 0 Å². The van der Waals surface area contributed by atoms with E-state index in [0.29, 0.717) is 0 Å². The third-order valence-electron chi connectivity index (χ3n) is 3.58. The Bertz CT molecular complexity index is 633. The van der Waals surface area contributed by atoms with Crippen LogP contribution >= 0.6 is 11.8 Å². The molecule has 0 N–H and O–H groups in total. The van der Waals surface area contributed by atoms with Crippen molar-refractivity contribution in [1.29, 1.82) is 0 Å². The number of aryl methyl sites for hydroxylation is 1. The molecule has 0 saturated carbocycles. The third kappa shape index (κ3) is 2.66. The van der Waals surface area contributed by atoms with Crippen LogP contribution in [0.3, 0.4) is 0 Å². The molecular weight excluding hydrogens is 268 g/mol. The number of pyridine rings is 1. The molecule has 1 aliphatic heterocycles. The van der Waals surface area contributed by atoms with Gasteiger partial charge < -0.3 is 4.90 Å². The maximum Gasteiger partial charge on any atom is 0.254 e. The van der Waals surface area contributed by atoms with E-state index in [4.69, 9.17) is 0 Å². The van der Waals surface area contributed by atoms with Crippen LogP contribution in [0.5, 0.6) is 0 Å². The second-order valence-corrected chi connectivity index (χ2v) is 6.31. The summed E-state index contributed by atoms with van der Waals surface area (Å²) in [6, 6.07) is 9.81. The van der Waals surface area contributed by atoms with Gasteiger partial charge in [-0.1, -0.05) is 18.2 Å². The van der Waals surface area contributed by atoms with Crippen LogP contribution in [0, 0.1) is 6.92 Å². The van der Waals surface area contributed by atoms with Crippen LogP contribution in [0.25, 0.3) is 10.9 Å². The van der Waals surface area contributed by atoms with Crippen LogP contribution in [0.4, 0.5) is 0 Å². The van der Waals surface area contributed by atoms with Gasteiger partial charge in [-0.25, -0.2) is 0 Å². The maximum absolute atomic E-state index is 12.8. The Morgan fingerprint density at radius 1 is 1.25 bits per heavy atom. The summed E-state index contributed by atoms with van der Waals surface area (Å²) < 4.78 is 0. The molecule has 1 aromatic carbocycles. The molecule has 0 aliphatic carbocycles. The topological polar surface area (TPSA) is 33.2 Å². The number of thioether (sulfide) groups is 1. The van der Waals surface area contributed by atoms with Crippen molar-refractivity contribution in [2.45, 2.75) is 13.3 Å². The summed E-state index contributed by atoms with van der Waals surface area (Å²) in [7, 11) is 0. The Morgan fingerprint density at radius 3 is 3.00 bits per heavy atom. The molecule has 3 rings (SSSR count). The molecule has 2 heterocycles. The van der Waals surface area contributed by atoms with Gasteiger partial charge >= 0.3 is 0 Å². The van der Waals surface area contributed by atoms with Gasteiger partial charge in [0.15, 0.2) is 0 Å². The van der Waals surface area contributed by atoms with Gasteiger partial charge in [-0.05, 0) is 31.2 Å². The molecule has 1 saturated heterocycles. The molecule has 0 bridgehead atoms. The number of amides is 1. The minimum Gasteiger partial charge on any atom is -0.338 e. The fourth-order valence-electron chi connectivity index (χ4n) is 2.60. The number of hydrogen-bond acceptors (Lipinski definition) is 3. The zero-order chi connectivity index (χ0) is 13.9. The van der Waals surface area contributed by atoms with Crippen molar-refractivity contribution >= 4 is 28.6 Å². The monoisotopic (exact) mass is 286 g/mol. The molecule has 3 nitrogen and oxygen atoms in total. The Labute approximate surface area is 123 Å². The van der Waals surface area contributed by atoms with Crippen LogP contribution in [0.15, 0.2) is 30.3 Å². The molecule has 0 spiro atoms. The van der Waals surface area contributed by atoms with Gasteiger partial charge in [0, 0.05) is 29.9 Å². The van der Waals surface area contributed by atoms with Gasteiger partial charge in [0.05, 0.1) is 11.1 Å². The van der Waals surface area contributed by atoms with E-state index in [1.165, 1.54) is 0 Å². The third-order valence-corrected chi connectivity index (χ3v) is 4.63. The summed E-state index contributed by atoms with van der Waals surface area (Å²) in [5, 5.41) is 0.958. The first kappa shape index (κ1) is 13.4. The highest BCUT2D eigenvalue weighted by molar-refractivity contribution is 7.99. The SMILES string of the molecule is Cc1cc(C(=O)N2CCCSCC2)c2ccccc2n1. The number of nitrogens with zero attached hydrogens (tertiary/aromatic N) is 2. The minimum atomic E-state index is 0.147. The molecule has 104 valence electrons. The van der Waals surface area contributed by atoms with Crippen LogP contribution in [0.1, 0.15) is 22.5 Å². The van der Waals surface area contributed by atoms with Crippen molar-refractivity contribution < 1.29 is 4.79 Å². The van der Waals surface area contributed by atoms with Gasteiger partial charge in [0.2, 0.25) is 0 Å². The predicted octanol–water partition coefficient (Wildman–Crippen LogP) is 3.12. The van der Waals surface area contributed by atoms with E-state index in [1.54, 1.807) is 0 Å². The minimum absolute atomic E-state index is 0.147. The molecule has 1 fully saturated rings. The number of hydrogen-bond donors (Lipinski definition) is 0. The smallest absolute Gasteiger partial charge is 0.254 e. The van der Waals surface area contributed by atoms with Crippen LogP contribution in [0.2, 0.25) is 0 Å². The van der Waals surface area contributed by atoms with E-state index in [2.05, 4.69) is 4.98 Å². The normalized spacial score (nSPS) is 16.1. The summed E-state index contributed by atoms with van der Waals surface area (Å²) in [5.41, 5.74) is 2.59. The van der Waals surface area contributed by atoms with E-state index in [1.807, 2.05) is 53.9 Å².